The van der Waals surface area contributed by atoms with Gasteiger partial charge in [0.05, 0.1) is 12.5 Å². The molecular formula is C23H26N2O5. The number of nitrogens with one attached hydrogen (secondary N) is 1. The van der Waals surface area contributed by atoms with E-state index in [2.05, 4.69) is 5.32 Å². The van der Waals surface area contributed by atoms with Gasteiger partial charge in [-0.3, -0.25) is 9.59 Å². The minimum absolute atomic E-state index is 0.0568. The predicted molar refractivity (Wildman–Crippen MR) is 111 cm³/mol. The molecule has 1 saturated heterocycles. The smallest absolute Gasteiger partial charge is 0.254 e. The predicted octanol–water partition coefficient (Wildman–Crippen LogP) is 2.34. The van der Waals surface area contributed by atoms with Crippen LogP contribution in [0.2, 0.25) is 0 Å². The van der Waals surface area contributed by atoms with Gasteiger partial charge in [-0.15, -0.1) is 0 Å². The van der Waals surface area contributed by atoms with Crippen LogP contribution >= 0.6 is 0 Å². The topological polar surface area (TPSA) is 77.1 Å². The van der Waals surface area contributed by atoms with Gasteiger partial charge >= 0.3 is 0 Å². The monoisotopic (exact) mass is 410 g/mol. The highest BCUT2D eigenvalue weighted by atomic mass is 16.7. The first-order valence-electron chi connectivity index (χ1n) is 10.1. The minimum atomic E-state index is -0.317. The fourth-order valence-electron chi connectivity index (χ4n) is 4.01. The summed E-state index contributed by atoms with van der Waals surface area (Å²) in [5.74, 6) is 0.662. The summed E-state index contributed by atoms with van der Waals surface area (Å²) in [6, 6.07) is 13.4. The average Bonchev–Trinajstić information content (AvgIpc) is 3.40. The molecule has 2 heterocycles. The Bertz CT molecular complexity index is 928. The van der Waals surface area contributed by atoms with Crippen molar-refractivity contribution in [1.82, 2.24) is 10.2 Å². The summed E-state index contributed by atoms with van der Waals surface area (Å²) in [6.07, 6.45) is 0. The van der Waals surface area contributed by atoms with Crippen LogP contribution in [-0.4, -0.2) is 56.9 Å². The molecule has 2 aromatic carbocycles. The number of methoxy groups -OCH3 is 1. The van der Waals surface area contributed by atoms with Crippen LogP contribution in [0.5, 0.6) is 11.5 Å². The van der Waals surface area contributed by atoms with E-state index in [4.69, 9.17) is 14.2 Å². The van der Waals surface area contributed by atoms with Crippen molar-refractivity contribution in [1.29, 1.82) is 0 Å². The third-order valence-electron chi connectivity index (χ3n) is 5.67. The van der Waals surface area contributed by atoms with Gasteiger partial charge in [0.15, 0.2) is 11.5 Å². The van der Waals surface area contributed by atoms with Crippen molar-refractivity contribution in [3.8, 4) is 11.5 Å². The molecule has 7 heteroatoms. The van der Waals surface area contributed by atoms with Crippen LogP contribution in [0.4, 0.5) is 0 Å². The number of rotatable bonds is 6. The molecule has 7 nitrogen and oxygen atoms in total. The van der Waals surface area contributed by atoms with Gasteiger partial charge in [0.25, 0.3) is 5.91 Å². The van der Waals surface area contributed by atoms with E-state index in [0.29, 0.717) is 43.3 Å². The lowest BCUT2D eigenvalue weighted by atomic mass is 9.88. The van der Waals surface area contributed by atoms with Gasteiger partial charge in [0.2, 0.25) is 12.7 Å². The van der Waals surface area contributed by atoms with Crippen molar-refractivity contribution in [2.45, 2.75) is 12.8 Å². The molecule has 2 atom stereocenters. The zero-order valence-corrected chi connectivity index (χ0v) is 17.2. The number of carbonyl (C=O) groups excluding carboxylic acids is 2. The Morgan fingerprint density at radius 2 is 1.87 bits per heavy atom. The van der Waals surface area contributed by atoms with E-state index in [1.165, 1.54) is 0 Å². The quantitative estimate of drug-likeness (QED) is 0.740. The lowest BCUT2D eigenvalue weighted by Gasteiger charge is -2.18. The second-order valence-electron chi connectivity index (χ2n) is 7.69. The Labute approximate surface area is 175 Å². The Kier molecular flexibility index (Phi) is 5.90. The summed E-state index contributed by atoms with van der Waals surface area (Å²) in [7, 11) is 1.60. The van der Waals surface area contributed by atoms with Crippen molar-refractivity contribution < 1.29 is 23.8 Å². The number of amides is 2. The fraction of sp³-hybridized carbons (Fsp3) is 0.391. The minimum Gasteiger partial charge on any atom is -0.454 e. The average molecular weight is 410 g/mol. The molecule has 2 unspecified atom stereocenters. The molecule has 158 valence electrons. The summed E-state index contributed by atoms with van der Waals surface area (Å²) in [5, 5.41) is 2.93. The van der Waals surface area contributed by atoms with Crippen LogP contribution in [-0.2, 0) is 9.53 Å². The number of carbonyl (C=O) groups is 2. The molecule has 0 spiro atoms. The second kappa shape index (κ2) is 8.75. The van der Waals surface area contributed by atoms with E-state index in [-0.39, 0.29) is 30.4 Å². The van der Waals surface area contributed by atoms with E-state index in [9.17, 15) is 9.59 Å². The van der Waals surface area contributed by atoms with Crippen LogP contribution in [0, 0.1) is 12.8 Å². The highest BCUT2D eigenvalue weighted by Gasteiger charge is 2.40. The van der Waals surface area contributed by atoms with Gasteiger partial charge in [-0.2, -0.15) is 0 Å². The summed E-state index contributed by atoms with van der Waals surface area (Å²) >= 11 is 0. The first-order chi connectivity index (χ1) is 14.6. The molecule has 2 amide bonds. The molecule has 1 fully saturated rings. The zero-order valence-electron chi connectivity index (χ0n) is 17.2. The highest BCUT2D eigenvalue weighted by molar-refractivity contribution is 5.96. The Morgan fingerprint density at radius 3 is 2.63 bits per heavy atom. The van der Waals surface area contributed by atoms with Gasteiger partial charge in [-0.05, 0) is 30.7 Å². The maximum absolute atomic E-state index is 13.2. The van der Waals surface area contributed by atoms with Crippen molar-refractivity contribution in [3.05, 3.63) is 59.2 Å². The molecule has 0 aromatic heterocycles. The first kappa shape index (κ1) is 20.2. The summed E-state index contributed by atoms with van der Waals surface area (Å²) in [6.45, 7) is 3.94. The van der Waals surface area contributed by atoms with Crippen molar-refractivity contribution in [2.24, 2.45) is 5.92 Å². The van der Waals surface area contributed by atoms with Crippen molar-refractivity contribution in [2.75, 3.05) is 40.1 Å². The third-order valence-corrected chi connectivity index (χ3v) is 5.67. The summed E-state index contributed by atoms with van der Waals surface area (Å²) < 4.78 is 15.8. The largest absolute Gasteiger partial charge is 0.454 e. The number of fused-ring (bicyclic) bond motifs is 1. The number of aryl methyl sites for hydroxylation is 1. The fourth-order valence-corrected chi connectivity index (χ4v) is 4.01. The molecule has 0 aliphatic carbocycles. The number of likely N-dealkylation sites (tertiary alicyclic amines) is 1. The third kappa shape index (κ3) is 4.11. The van der Waals surface area contributed by atoms with Crippen molar-refractivity contribution >= 4 is 11.8 Å². The van der Waals surface area contributed by atoms with Gasteiger partial charge in [0, 0.05) is 38.2 Å². The zero-order chi connectivity index (χ0) is 21.1. The van der Waals surface area contributed by atoms with E-state index >= 15 is 0 Å². The maximum Gasteiger partial charge on any atom is 0.254 e. The first-order valence-corrected chi connectivity index (χ1v) is 10.1. The molecule has 1 N–H and O–H groups in total. The van der Waals surface area contributed by atoms with Gasteiger partial charge < -0.3 is 24.4 Å². The number of ether oxygens (including phenoxy) is 3. The SMILES string of the molecule is COCCNC(=O)C1CN(C(=O)c2ccc3c(c2)OCO3)CC1c1ccc(C)cc1. The van der Waals surface area contributed by atoms with E-state index in [0.717, 1.165) is 11.1 Å². The second-order valence-corrected chi connectivity index (χ2v) is 7.69. The number of hydrogen-bond acceptors (Lipinski definition) is 5. The Balaban J connectivity index is 1.55. The molecule has 0 saturated carbocycles. The van der Waals surface area contributed by atoms with Crippen molar-refractivity contribution in [3.63, 3.8) is 0 Å². The molecule has 2 aliphatic rings. The molecule has 30 heavy (non-hydrogen) atoms. The van der Waals surface area contributed by atoms with Crippen LogP contribution in [0.1, 0.15) is 27.4 Å². The molecule has 0 radical (unpaired) electrons. The number of hydrogen-bond donors (Lipinski definition) is 1. The van der Waals surface area contributed by atoms with Crippen LogP contribution in [0.3, 0.4) is 0 Å². The van der Waals surface area contributed by atoms with Crippen LogP contribution in [0.15, 0.2) is 42.5 Å². The maximum atomic E-state index is 13.2. The number of nitrogens with zero attached hydrogens (tertiary/aromatic N) is 1. The van der Waals surface area contributed by atoms with Gasteiger partial charge in [-0.1, -0.05) is 29.8 Å². The number of benzene rings is 2. The molecule has 0 bridgehead atoms. The van der Waals surface area contributed by atoms with Gasteiger partial charge in [-0.25, -0.2) is 0 Å². The van der Waals surface area contributed by atoms with Crippen LogP contribution < -0.4 is 14.8 Å². The van der Waals surface area contributed by atoms with Gasteiger partial charge in [0.1, 0.15) is 0 Å². The Morgan fingerprint density at radius 1 is 1.10 bits per heavy atom. The highest BCUT2D eigenvalue weighted by Crippen LogP contribution is 2.36. The lowest BCUT2D eigenvalue weighted by Crippen LogP contribution is -2.37. The van der Waals surface area contributed by atoms with E-state index in [1.807, 2.05) is 31.2 Å². The molecule has 2 aromatic rings. The summed E-state index contributed by atoms with van der Waals surface area (Å²) in [4.78, 5) is 27.8. The molecule has 4 rings (SSSR count). The Hall–Kier alpha value is -3.06. The molecular weight excluding hydrogens is 384 g/mol. The van der Waals surface area contributed by atoms with E-state index in [1.54, 1.807) is 30.2 Å². The lowest BCUT2D eigenvalue weighted by molar-refractivity contribution is -0.125. The molecule has 2 aliphatic heterocycles. The normalized spacial score (nSPS) is 19.7. The standard InChI is InChI=1S/C23H26N2O5/c1-15-3-5-16(6-4-15)18-12-25(13-19(18)22(26)24-9-10-28-2)23(27)17-7-8-20-21(11-17)30-14-29-20/h3-8,11,18-19H,9-10,12-14H2,1-2H3,(H,24,26). The van der Waals surface area contributed by atoms with E-state index < -0.39 is 0 Å². The summed E-state index contributed by atoms with van der Waals surface area (Å²) in [5.41, 5.74) is 2.75. The van der Waals surface area contributed by atoms with Crippen LogP contribution in [0.25, 0.3) is 0 Å².